The second kappa shape index (κ2) is 22.7. The Balaban J connectivity index is 0. The van der Waals surface area contributed by atoms with E-state index < -0.39 is 0 Å². The van der Waals surface area contributed by atoms with Crippen molar-refractivity contribution < 1.29 is 28.9 Å². The zero-order chi connectivity index (χ0) is 16.3. The fraction of sp³-hybridized carbons (Fsp3) is 1.00. The van der Waals surface area contributed by atoms with Gasteiger partial charge in [-0.2, -0.15) is 0 Å². The van der Waals surface area contributed by atoms with Gasteiger partial charge in [-0.15, -0.1) is 0 Å². The van der Waals surface area contributed by atoms with Gasteiger partial charge >= 0.3 is 0 Å². The van der Waals surface area contributed by atoms with Crippen LogP contribution in [-0.4, -0.2) is 20.1 Å². The van der Waals surface area contributed by atoms with Gasteiger partial charge in [0.15, 0.2) is 0 Å². The Morgan fingerprint density at radius 1 is 0.435 bits per heavy atom. The van der Waals surface area contributed by atoms with Crippen LogP contribution in [0.3, 0.4) is 0 Å². The van der Waals surface area contributed by atoms with Crippen molar-refractivity contribution in [1.82, 2.24) is 0 Å². The predicted octanol–water partition coefficient (Wildman–Crippen LogP) is 2.79. The largest absolute Gasteiger partial charge is 1.00 e. The molecule has 0 heterocycles. The number of rotatable bonds is 18. The number of hydrogen-bond acceptors (Lipinski definition) is 0. The maximum Gasteiger partial charge on any atom is 0.0768 e. The van der Waals surface area contributed by atoms with E-state index in [9.17, 15) is 0 Å². The van der Waals surface area contributed by atoms with Crippen LogP contribution in [0.15, 0.2) is 0 Å². The molecule has 0 aliphatic heterocycles. The van der Waals surface area contributed by atoms with E-state index in [1.165, 1.54) is 116 Å². The number of nitrogens with one attached hydrogen (secondary N) is 1. The van der Waals surface area contributed by atoms with Crippen molar-refractivity contribution in [2.75, 3.05) is 20.1 Å². The fourth-order valence-corrected chi connectivity index (χ4v) is 3.25. The fourth-order valence-electron chi connectivity index (χ4n) is 3.25. The van der Waals surface area contributed by atoms with Crippen molar-refractivity contribution >= 4 is 0 Å². The molecule has 0 spiro atoms. The van der Waals surface area contributed by atoms with E-state index in [1.54, 1.807) is 4.90 Å². The van der Waals surface area contributed by atoms with Gasteiger partial charge in [0.1, 0.15) is 0 Å². The van der Waals surface area contributed by atoms with Gasteiger partial charge in [0.05, 0.1) is 20.1 Å². The van der Waals surface area contributed by atoms with Crippen molar-refractivity contribution in [1.29, 1.82) is 0 Å². The molecule has 0 aromatic rings. The van der Waals surface area contributed by atoms with Crippen LogP contribution in [0.4, 0.5) is 0 Å². The Kier molecular flexibility index (Phi) is 25.6. The molecule has 0 amide bonds. The molecule has 0 rings (SSSR count). The minimum Gasteiger partial charge on any atom is -1.00 e. The first-order chi connectivity index (χ1) is 10.8. The van der Waals surface area contributed by atoms with E-state index in [4.69, 9.17) is 0 Å². The van der Waals surface area contributed by atoms with Crippen LogP contribution in [0.1, 0.15) is 117 Å². The van der Waals surface area contributed by atoms with Crippen LogP contribution >= 0.6 is 0 Å². The first-order valence-corrected chi connectivity index (χ1v) is 10.6. The summed E-state index contributed by atoms with van der Waals surface area (Å²) in [5, 5.41) is 0. The van der Waals surface area contributed by atoms with Gasteiger partial charge in [-0.3, -0.25) is 0 Å². The summed E-state index contributed by atoms with van der Waals surface area (Å²) in [6, 6.07) is 0. The van der Waals surface area contributed by atoms with Gasteiger partial charge in [-0.05, 0) is 25.7 Å². The third kappa shape index (κ3) is 22.7. The van der Waals surface area contributed by atoms with Crippen LogP contribution in [0.5, 0.6) is 0 Å². The number of unbranched alkanes of at least 4 members (excludes halogenated alkanes) is 14. The average molecular weight is 440 g/mol. The highest BCUT2D eigenvalue weighted by Crippen LogP contribution is 2.08. The number of halogens is 1. The van der Waals surface area contributed by atoms with Crippen molar-refractivity contribution in [3.05, 3.63) is 0 Å². The van der Waals surface area contributed by atoms with Gasteiger partial charge in [0.2, 0.25) is 0 Å². The molecular formula is C21H46IN. The summed E-state index contributed by atoms with van der Waals surface area (Å²) >= 11 is 0. The van der Waals surface area contributed by atoms with E-state index in [1.807, 2.05) is 0 Å². The SMILES string of the molecule is CCCCCCCCCC[NH+](C)CCCCCCCCCC.[I-]. The normalized spacial score (nSPS) is 11.0. The molecule has 0 bridgehead atoms. The van der Waals surface area contributed by atoms with Crippen molar-refractivity contribution in [3.8, 4) is 0 Å². The number of hydrogen-bond donors (Lipinski definition) is 1. The first-order valence-electron chi connectivity index (χ1n) is 10.6. The van der Waals surface area contributed by atoms with E-state index in [-0.39, 0.29) is 24.0 Å². The molecule has 2 heteroatoms. The van der Waals surface area contributed by atoms with Crippen LogP contribution < -0.4 is 28.9 Å². The van der Waals surface area contributed by atoms with E-state index in [2.05, 4.69) is 20.9 Å². The lowest BCUT2D eigenvalue weighted by molar-refractivity contribution is -0.880. The second-order valence-electron chi connectivity index (χ2n) is 7.41. The van der Waals surface area contributed by atoms with Crippen LogP contribution in [0, 0.1) is 0 Å². The molecule has 0 aliphatic carbocycles. The smallest absolute Gasteiger partial charge is 0.0768 e. The van der Waals surface area contributed by atoms with Crippen LogP contribution in [-0.2, 0) is 0 Å². The lowest BCUT2D eigenvalue weighted by Crippen LogP contribution is -3.09. The maximum atomic E-state index is 2.39. The first kappa shape index (κ1) is 25.9. The van der Waals surface area contributed by atoms with Gasteiger partial charge in [-0.1, -0.05) is 90.9 Å². The molecule has 0 saturated heterocycles. The highest BCUT2D eigenvalue weighted by atomic mass is 127. The molecular weight excluding hydrogens is 393 g/mol. The topological polar surface area (TPSA) is 4.44 Å². The summed E-state index contributed by atoms with van der Waals surface area (Å²) in [5.74, 6) is 0. The second-order valence-corrected chi connectivity index (χ2v) is 7.41. The monoisotopic (exact) mass is 439 g/mol. The molecule has 0 radical (unpaired) electrons. The molecule has 0 aromatic carbocycles. The molecule has 1 N–H and O–H groups in total. The highest BCUT2D eigenvalue weighted by Gasteiger charge is 2.01. The number of quaternary nitrogens is 1. The van der Waals surface area contributed by atoms with E-state index in [0.717, 1.165) is 0 Å². The Morgan fingerprint density at radius 3 is 1.00 bits per heavy atom. The summed E-state index contributed by atoms with van der Waals surface area (Å²) in [6.07, 6.45) is 23.1. The predicted molar refractivity (Wildman–Crippen MR) is 102 cm³/mol. The van der Waals surface area contributed by atoms with Gasteiger partial charge in [-0.25, -0.2) is 0 Å². The van der Waals surface area contributed by atoms with Gasteiger partial charge in [0, 0.05) is 0 Å². The summed E-state index contributed by atoms with van der Waals surface area (Å²) < 4.78 is 0. The van der Waals surface area contributed by atoms with Gasteiger partial charge in [0.25, 0.3) is 0 Å². The Labute approximate surface area is 165 Å². The minimum absolute atomic E-state index is 0. The molecule has 23 heavy (non-hydrogen) atoms. The lowest BCUT2D eigenvalue weighted by Gasteiger charge is -2.13. The summed E-state index contributed by atoms with van der Waals surface area (Å²) in [6.45, 7) is 7.38. The lowest BCUT2D eigenvalue weighted by atomic mass is 10.1. The quantitative estimate of drug-likeness (QED) is 0.248. The molecule has 142 valence electrons. The molecule has 0 atom stereocenters. The van der Waals surface area contributed by atoms with Crippen molar-refractivity contribution in [3.63, 3.8) is 0 Å². The standard InChI is InChI=1S/C21H45N.HI/c1-4-6-8-10-12-14-16-18-20-22(3)21-19-17-15-13-11-9-7-5-2;/h4-21H2,1-3H3;1H. The molecule has 0 aromatic heterocycles. The molecule has 0 unspecified atom stereocenters. The molecule has 0 saturated carbocycles. The zero-order valence-electron chi connectivity index (χ0n) is 16.6. The summed E-state index contributed by atoms with van der Waals surface area (Å²) in [7, 11) is 2.39. The summed E-state index contributed by atoms with van der Waals surface area (Å²) in [4.78, 5) is 1.76. The van der Waals surface area contributed by atoms with Crippen molar-refractivity contribution in [2.45, 2.75) is 117 Å². The maximum absolute atomic E-state index is 2.39. The van der Waals surface area contributed by atoms with E-state index >= 15 is 0 Å². The summed E-state index contributed by atoms with van der Waals surface area (Å²) in [5.41, 5.74) is 0. The zero-order valence-corrected chi connectivity index (χ0v) is 18.8. The molecule has 0 fully saturated rings. The Morgan fingerprint density at radius 2 is 0.696 bits per heavy atom. The van der Waals surface area contributed by atoms with Crippen LogP contribution in [0.2, 0.25) is 0 Å². The van der Waals surface area contributed by atoms with E-state index in [0.29, 0.717) is 0 Å². The third-order valence-corrected chi connectivity index (χ3v) is 4.91. The van der Waals surface area contributed by atoms with Crippen molar-refractivity contribution in [2.24, 2.45) is 0 Å². The highest BCUT2D eigenvalue weighted by molar-refractivity contribution is 4.47. The minimum atomic E-state index is 0. The Hall–Kier alpha value is 0.690. The molecule has 1 nitrogen and oxygen atoms in total. The van der Waals surface area contributed by atoms with Gasteiger partial charge < -0.3 is 28.9 Å². The average Bonchev–Trinajstić information content (AvgIpc) is 2.52. The molecule has 0 aliphatic rings. The Bertz CT molecular complexity index is 176. The third-order valence-electron chi connectivity index (χ3n) is 4.91. The van der Waals surface area contributed by atoms with Crippen LogP contribution in [0.25, 0.3) is 0 Å².